The molecule has 0 saturated heterocycles. The molecule has 0 fully saturated rings. The number of hydrogen-bond acceptors (Lipinski definition) is 5. The molecule has 0 aliphatic carbocycles. The molecule has 0 saturated carbocycles. The topological polar surface area (TPSA) is 73.1 Å². The average Bonchev–Trinajstić information content (AvgIpc) is 2.50. The van der Waals surface area contributed by atoms with Crippen LogP contribution in [0.15, 0.2) is 4.42 Å². The van der Waals surface area contributed by atoms with Gasteiger partial charge < -0.3 is 4.42 Å². The zero-order valence-electron chi connectivity index (χ0n) is 7.90. The number of aryl methyl sites for hydroxylation is 1. The summed E-state index contributed by atoms with van der Waals surface area (Å²) in [7, 11) is -3.19. The van der Waals surface area contributed by atoms with Crippen molar-refractivity contribution in [3.05, 3.63) is 11.8 Å². The molecule has 1 heterocycles. The van der Waals surface area contributed by atoms with Crippen LogP contribution in [0, 0.1) is 0 Å². The quantitative estimate of drug-likeness (QED) is 0.731. The first-order chi connectivity index (χ1) is 6.45. The molecule has 0 bridgehead atoms. The summed E-state index contributed by atoms with van der Waals surface area (Å²) in [5.41, 5.74) is 0. The summed E-state index contributed by atoms with van der Waals surface area (Å²) < 4.78 is 27.4. The number of aromatic nitrogens is 2. The number of rotatable bonds is 4. The Morgan fingerprint density at radius 3 is 2.64 bits per heavy atom. The van der Waals surface area contributed by atoms with Crippen LogP contribution in [-0.2, 0) is 16.3 Å². The largest absolute Gasteiger partial charge is 0.424 e. The molecule has 1 aromatic rings. The van der Waals surface area contributed by atoms with Gasteiger partial charge in [0.25, 0.3) is 0 Å². The van der Waals surface area contributed by atoms with Crippen LogP contribution >= 0.6 is 11.6 Å². The van der Waals surface area contributed by atoms with Crippen molar-refractivity contribution in [3.8, 4) is 0 Å². The van der Waals surface area contributed by atoms with Crippen LogP contribution in [0.2, 0.25) is 0 Å². The van der Waals surface area contributed by atoms with E-state index < -0.39 is 15.1 Å². The van der Waals surface area contributed by atoms with E-state index >= 15 is 0 Å². The van der Waals surface area contributed by atoms with Crippen molar-refractivity contribution in [3.63, 3.8) is 0 Å². The predicted octanol–water partition coefficient (Wildman–Crippen LogP) is 0.957. The Bertz CT molecular complexity index is 401. The van der Waals surface area contributed by atoms with Crippen LogP contribution in [0.4, 0.5) is 0 Å². The zero-order valence-corrected chi connectivity index (χ0v) is 9.47. The van der Waals surface area contributed by atoms with Crippen molar-refractivity contribution in [2.24, 2.45) is 0 Å². The third-order valence-corrected chi connectivity index (χ3v) is 3.46. The maximum absolute atomic E-state index is 11.1. The van der Waals surface area contributed by atoms with E-state index in [4.69, 9.17) is 16.0 Å². The lowest BCUT2D eigenvalue weighted by Crippen LogP contribution is -2.07. The molecule has 1 rings (SSSR count). The molecule has 0 N–H and O–H groups in total. The maximum atomic E-state index is 11.1. The van der Waals surface area contributed by atoms with E-state index in [2.05, 4.69) is 10.2 Å². The molecular formula is C7H11ClN2O3S. The van der Waals surface area contributed by atoms with Crippen LogP contribution in [0.5, 0.6) is 0 Å². The highest BCUT2D eigenvalue weighted by Gasteiger charge is 2.23. The van der Waals surface area contributed by atoms with Crippen molar-refractivity contribution in [1.29, 1.82) is 0 Å². The number of nitrogens with zero attached hydrogens (tertiary/aromatic N) is 2. The van der Waals surface area contributed by atoms with Gasteiger partial charge in [0.15, 0.2) is 9.84 Å². The van der Waals surface area contributed by atoms with Crippen LogP contribution < -0.4 is 0 Å². The van der Waals surface area contributed by atoms with Gasteiger partial charge in [-0.3, -0.25) is 0 Å². The minimum Gasteiger partial charge on any atom is -0.424 e. The van der Waals surface area contributed by atoms with Gasteiger partial charge in [-0.1, -0.05) is 0 Å². The summed E-state index contributed by atoms with van der Waals surface area (Å²) in [5.74, 6) is 0.854. The molecule has 5 nitrogen and oxygen atoms in total. The highest BCUT2D eigenvalue weighted by molar-refractivity contribution is 7.90. The molecule has 0 aromatic carbocycles. The van der Waals surface area contributed by atoms with Crippen molar-refractivity contribution in [2.75, 3.05) is 12.1 Å². The van der Waals surface area contributed by atoms with Crippen LogP contribution in [0.25, 0.3) is 0 Å². The van der Waals surface area contributed by atoms with Gasteiger partial charge in [0.2, 0.25) is 11.8 Å². The fourth-order valence-electron chi connectivity index (χ4n) is 0.796. The lowest BCUT2D eigenvalue weighted by atomic mass is 10.5. The Morgan fingerprint density at radius 2 is 2.14 bits per heavy atom. The van der Waals surface area contributed by atoms with Crippen molar-refractivity contribution in [2.45, 2.75) is 18.6 Å². The Hall–Kier alpha value is -0.620. The fourth-order valence-corrected chi connectivity index (χ4v) is 1.42. The molecule has 0 amide bonds. The number of hydrogen-bond donors (Lipinski definition) is 0. The van der Waals surface area contributed by atoms with Gasteiger partial charge in [-0.05, 0) is 6.92 Å². The summed E-state index contributed by atoms with van der Waals surface area (Å²) in [6.07, 6.45) is 1.58. The van der Waals surface area contributed by atoms with Crippen LogP contribution in [0.3, 0.4) is 0 Å². The lowest BCUT2D eigenvalue weighted by molar-refractivity contribution is 0.450. The maximum Gasteiger partial charge on any atom is 0.234 e. The molecule has 14 heavy (non-hydrogen) atoms. The molecular weight excluding hydrogens is 228 g/mol. The highest BCUT2D eigenvalue weighted by atomic mass is 35.5. The molecule has 1 atom stereocenters. The summed E-state index contributed by atoms with van der Waals surface area (Å²) in [4.78, 5) is 0. The standard InChI is InChI=1S/C7H11ClN2O3S/c1-5(14(2,11)12)7-10-9-6(13-7)3-4-8/h5H,3-4H2,1-2H3. The van der Waals surface area contributed by atoms with Gasteiger partial charge >= 0.3 is 0 Å². The number of alkyl halides is 1. The third kappa shape index (κ3) is 2.68. The summed E-state index contributed by atoms with van der Waals surface area (Å²) in [5, 5.41) is 6.56. The van der Waals surface area contributed by atoms with E-state index in [1.165, 1.54) is 6.92 Å². The Labute approximate surface area is 87.4 Å². The SMILES string of the molecule is CC(c1nnc(CCCl)o1)S(C)(=O)=O. The van der Waals surface area contributed by atoms with Crippen LogP contribution in [-0.4, -0.2) is 30.8 Å². The molecule has 0 radical (unpaired) electrons. The lowest BCUT2D eigenvalue weighted by Gasteiger charge is -2.01. The van der Waals surface area contributed by atoms with E-state index in [0.717, 1.165) is 6.26 Å². The van der Waals surface area contributed by atoms with Crippen molar-refractivity contribution < 1.29 is 12.8 Å². The van der Waals surface area contributed by atoms with Gasteiger partial charge in [0, 0.05) is 18.6 Å². The first kappa shape index (κ1) is 11.5. The molecule has 80 valence electrons. The second kappa shape index (κ2) is 4.27. The Balaban J connectivity index is 2.87. The van der Waals surface area contributed by atoms with Gasteiger partial charge in [0.1, 0.15) is 5.25 Å². The summed E-state index contributed by atoms with van der Waals surface area (Å²) in [6, 6.07) is 0. The Morgan fingerprint density at radius 1 is 1.50 bits per heavy atom. The summed E-state index contributed by atoms with van der Waals surface area (Å²) in [6.45, 7) is 1.51. The number of sulfone groups is 1. The molecule has 1 unspecified atom stereocenters. The molecule has 7 heteroatoms. The Kier molecular flexibility index (Phi) is 3.49. The van der Waals surface area contributed by atoms with E-state index in [0.29, 0.717) is 18.2 Å². The second-order valence-corrected chi connectivity index (χ2v) is 5.69. The van der Waals surface area contributed by atoms with Gasteiger partial charge in [-0.15, -0.1) is 21.8 Å². The van der Waals surface area contributed by atoms with Crippen LogP contribution in [0.1, 0.15) is 24.0 Å². The molecule has 0 aliphatic rings. The van der Waals surface area contributed by atoms with E-state index in [1.54, 1.807) is 0 Å². The fraction of sp³-hybridized carbons (Fsp3) is 0.714. The first-order valence-corrected chi connectivity index (χ1v) is 6.51. The van der Waals surface area contributed by atoms with Crippen molar-refractivity contribution in [1.82, 2.24) is 10.2 Å². The monoisotopic (exact) mass is 238 g/mol. The third-order valence-electron chi connectivity index (χ3n) is 1.78. The molecule has 1 aromatic heterocycles. The van der Waals surface area contributed by atoms with Crippen molar-refractivity contribution >= 4 is 21.4 Å². The van der Waals surface area contributed by atoms with E-state index in [1.807, 2.05) is 0 Å². The van der Waals surface area contributed by atoms with E-state index in [-0.39, 0.29) is 5.89 Å². The predicted molar refractivity (Wildman–Crippen MR) is 52.0 cm³/mol. The van der Waals surface area contributed by atoms with Gasteiger partial charge in [-0.2, -0.15) is 0 Å². The van der Waals surface area contributed by atoms with Gasteiger partial charge in [-0.25, -0.2) is 8.42 Å². The minimum absolute atomic E-state index is 0.118. The zero-order chi connectivity index (χ0) is 10.8. The average molecular weight is 239 g/mol. The number of halogens is 1. The minimum atomic E-state index is -3.19. The van der Waals surface area contributed by atoms with E-state index in [9.17, 15) is 8.42 Å². The molecule has 0 aliphatic heterocycles. The smallest absolute Gasteiger partial charge is 0.234 e. The van der Waals surface area contributed by atoms with Gasteiger partial charge in [0.05, 0.1) is 0 Å². The normalized spacial score (nSPS) is 14.2. The summed E-state index contributed by atoms with van der Waals surface area (Å²) >= 11 is 5.47. The first-order valence-electron chi connectivity index (χ1n) is 4.02. The second-order valence-electron chi connectivity index (χ2n) is 2.94. The highest BCUT2D eigenvalue weighted by Crippen LogP contribution is 2.19. The molecule has 0 spiro atoms.